The van der Waals surface area contributed by atoms with Crippen LogP contribution in [0.2, 0.25) is 0 Å². The van der Waals surface area contributed by atoms with E-state index in [9.17, 15) is 0 Å². The van der Waals surface area contributed by atoms with Gasteiger partial charge in [0.15, 0.2) is 0 Å². The number of nitrogens with one attached hydrogen (secondary N) is 1. The summed E-state index contributed by atoms with van der Waals surface area (Å²) in [5.41, 5.74) is 0. The average Bonchev–Trinajstić information content (AvgIpc) is 2.30. The first-order valence-corrected chi connectivity index (χ1v) is 5.14. The van der Waals surface area contributed by atoms with Gasteiger partial charge in [-0.3, -0.25) is 0 Å². The standard InChI is InChI=1S/C10H22N2/c1-9(2)12(3)10-5-4-7-11-8-6-10/h9-11H,4-8H2,1-3H3. The summed E-state index contributed by atoms with van der Waals surface area (Å²) in [7, 11) is 2.25. The van der Waals surface area contributed by atoms with E-state index in [-0.39, 0.29) is 0 Å². The molecule has 2 nitrogen and oxygen atoms in total. The Bertz CT molecular complexity index is 115. The fraction of sp³-hybridized carbons (Fsp3) is 1.00. The van der Waals surface area contributed by atoms with Gasteiger partial charge in [0.2, 0.25) is 0 Å². The van der Waals surface area contributed by atoms with Crippen molar-refractivity contribution in [2.24, 2.45) is 0 Å². The largest absolute Gasteiger partial charge is 0.317 e. The summed E-state index contributed by atoms with van der Waals surface area (Å²) in [6, 6.07) is 1.49. The summed E-state index contributed by atoms with van der Waals surface area (Å²) in [5.74, 6) is 0. The molecule has 0 radical (unpaired) electrons. The van der Waals surface area contributed by atoms with E-state index in [1.165, 1.54) is 32.4 Å². The van der Waals surface area contributed by atoms with Gasteiger partial charge in [-0.25, -0.2) is 0 Å². The zero-order valence-electron chi connectivity index (χ0n) is 8.64. The lowest BCUT2D eigenvalue weighted by molar-refractivity contribution is 0.181. The molecular formula is C10H22N2. The van der Waals surface area contributed by atoms with Gasteiger partial charge >= 0.3 is 0 Å². The van der Waals surface area contributed by atoms with Crippen LogP contribution >= 0.6 is 0 Å². The van der Waals surface area contributed by atoms with E-state index < -0.39 is 0 Å². The number of nitrogens with zero attached hydrogens (tertiary/aromatic N) is 1. The van der Waals surface area contributed by atoms with Crippen molar-refractivity contribution in [2.45, 2.75) is 45.2 Å². The van der Waals surface area contributed by atoms with Crippen LogP contribution in [0.1, 0.15) is 33.1 Å². The molecule has 1 heterocycles. The Kier molecular flexibility index (Phi) is 4.02. The van der Waals surface area contributed by atoms with E-state index in [2.05, 4.69) is 31.1 Å². The fourth-order valence-electron chi connectivity index (χ4n) is 1.83. The molecule has 2 heteroatoms. The van der Waals surface area contributed by atoms with E-state index in [0.717, 1.165) is 6.04 Å². The molecule has 1 aliphatic heterocycles. The molecule has 0 aromatic rings. The van der Waals surface area contributed by atoms with Crippen LogP contribution in [0.15, 0.2) is 0 Å². The highest BCUT2D eigenvalue weighted by Gasteiger charge is 2.17. The minimum atomic E-state index is 0.688. The molecule has 0 aliphatic carbocycles. The van der Waals surface area contributed by atoms with Crippen LogP contribution in [-0.2, 0) is 0 Å². The molecule has 0 amide bonds. The van der Waals surface area contributed by atoms with Crippen LogP contribution < -0.4 is 5.32 Å². The quantitative estimate of drug-likeness (QED) is 0.675. The van der Waals surface area contributed by atoms with Gasteiger partial charge in [0.05, 0.1) is 0 Å². The van der Waals surface area contributed by atoms with Gasteiger partial charge in [-0.1, -0.05) is 0 Å². The van der Waals surface area contributed by atoms with Gasteiger partial charge < -0.3 is 10.2 Å². The molecule has 0 aromatic heterocycles. The van der Waals surface area contributed by atoms with Crippen LogP contribution in [0.3, 0.4) is 0 Å². The molecular weight excluding hydrogens is 148 g/mol. The Hall–Kier alpha value is -0.0800. The summed E-state index contributed by atoms with van der Waals surface area (Å²) in [5, 5.41) is 3.44. The zero-order valence-corrected chi connectivity index (χ0v) is 8.64. The summed E-state index contributed by atoms with van der Waals surface area (Å²) < 4.78 is 0. The lowest BCUT2D eigenvalue weighted by atomic mass is 10.1. The zero-order chi connectivity index (χ0) is 8.97. The van der Waals surface area contributed by atoms with Crippen LogP contribution in [0.4, 0.5) is 0 Å². The van der Waals surface area contributed by atoms with Crippen LogP contribution in [0.5, 0.6) is 0 Å². The first-order chi connectivity index (χ1) is 5.72. The lowest BCUT2D eigenvalue weighted by Gasteiger charge is -2.30. The number of hydrogen-bond donors (Lipinski definition) is 1. The SMILES string of the molecule is CC(C)N(C)C1CCCNCC1. The van der Waals surface area contributed by atoms with Crippen molar-refractivity contribution in [3.05, 3.63) is 0 Å². The molecule has 0 aromatic carbocycles. The summed E-state index contributed by atoms with van der Waals surface area (Å²) in [4.78, 5) is 2.51. The predicted octanol–water partition coefficient (Wildman–Crippen LogP) is 1.47. The van der Waals surface area contributed by atoms with Crippen molar-refractivity contribution in [1.82, 2.24) is 10.2 Å². The van der Waals surface area contributed by atoms with Crippen molar-refractivity contribution in [1.29, 1.82) is 0 Å². The van der Waals surface area contributed by atoms with E-state index in [4.69, 9.17) is 0 Å². The molecule has 0 spiro atoms. The van der Waals surface area contributed by atoms with Crippen LogP contribution in [-0.4, -0.2) is 37.1 Å². The number of rotatable bonds is 2. The average molecular weight is 170 g/mol. The molecule has 72 valence electrons. The first-order valence-electron chi connectivity index (χ1n) is 5.14. The van der Waals surface area contributed by atoms with Gasteiger partial charge in [-0.15, -0.1) is 0 Å². The van der Waals surface area contributed by atoms with E-state index >= 15 is 0 Å². The Morgan fingerprint density at radius 3 is 2.67 bits per heavy atom. The third kappa shape index (κ3) is 2.76. The van der Waals surface area contributed by atoms with Crippen molar-refractivity contribution in [3.63, 3.8) is 0 Å². The summed E-state index contributed by atoms with van der Waals surface area (Å²) in [6.07, 6.45) is 4.01. The topological polar surface area (TPSA) is 15.3 Å². The smallest absolute Gasteiger partial charge is 0.0107 e. The maximum Gasteiger partial charge on any atom is 0.0107 e. The Morgan fingerprint density at radius 1 is 1.25 bits per heavy atom. The number of hydrogen-bond acceptors (Lipinski definition) is 2. The fourth-order valence-corrected chi connectivity index (χ4v) is 1.83. The third-order valence-electron chi connectivity index (χ3n) is 2.94. The molecule has 1 fully saturated rings. The summed E-state index contributed by atoms with van der Waals surface area (Å²) in [6.45, 7) is 6.96. The third-order valence-corrected chi connectivity index (χ3v) is 2.94. The molecule has 1 unspecified atom stereocenters. The first kappa shape index (κ1) is 10.0. The minimum Gasteiger partial charge on any atom is -0.317 e. The second-order valence-corrected chi connectivity index (χ2v) is 4.09. The Balaban J connectivity index is 2.37. The highest BCUT2D eigenvalue weighted by atomic mass is 15.2. The van der Waals surface area contributed by atoms with Crippen molar-refractivity contribution < 1.29 is 0 Å². The maximum atomic E-state index is 3.44. The predicted molar refractivity (Wildman–Crippen MR) is 53.4 cm³/mol. The van der Waals surface area contributed by atoms with Gasteiger partial charge in [0.1, 0.15) is 0 Å². The van der Waals surface area contributed by atoms with Crippen molar-refractivity contribution in [3.8, 4) is 0 Å². The van der Waals surface area contributed by atoms with Crippen LogP contribution in [0.25, 0.3) is 0 Å². The van der Waals surface area contributed by atoms with Crippen LogP contribution in [0, 0.1) is 0 Å². The van der Waals surface area contributed by atoms with E-state index in [0.29, 0.717) is 6.04 Å². The molecule has 1 aliphatic rings. The van der Waals surface area contributed by atoms with Crippen molar-refractivity contribution >= 4 is 0 Å². The molecule has 12 heavy (non-hydrogen) atoms. The van der Waals surface area contributed by atoms with Gasteiger partial charge in [-0.2, -0.15) is 0 Å². The van der Waals surface area contributed by atoms with Gasteiger partial charge in [-0.05, 0) is 53.2 Å². The molecule has 1 atom stereocenters. The Morgan fingerprint density at radius 2 is 2.00 bits per heavy atom. The van der Waals surface area contributed by atoms with Gasteiger partial charge in [0.25, 0.3) is 0 Å². The maximum absolute atomic E-state index is 3.44. The minimum absolute atomic E-state index is 0.688. The highest BCUT2D eigenvalue weighted by Crippen LogP contribution is 2.13. The highest BCUT2D eigenvalue weighted by molar-refractivity contribution is 4.75. The van der Waals surface area contributed by atoms with Gasteiger partial charge in [0, 0.05) is 12.1 Å². The monoisotopic (exact) mass is 170 g/mol. The lowest BCUT2D eigenvalue weighted by Crippen LogP contribution is -2.37. The molecule has 0 saturated carbocycles. The second-order valence-electron chi connectivity index (χ2n) is 4.09. The second kappa shape index (κ2) is 4.83. The summed E-state index contributed by atoms with van der Waals surface area (Å²) >= 11 is 0. The van der Waals surface area contributed by atoms with E-state index in [1.807, 2.05) is 0 Å². The molecule has 0 bridgehead atoms. The molecule has 1 N–H and O–H groups in total. The van der Waals surface area contributed by atoms with Crippen molar-refractivity contribution in [2.75, 3.05) is 20.1 Å². The van der Waals surface area contributed by atoms with E-state index in [1.54, 1.807) is 0 Å². The molecule has 1 saturated heterocycles. The normalized spacial score (nSPS) is 26.2. The Labute approximate surface area is 76.3 Å². The molecule has 1 rings (SSSR count).